The predicted octanol–water partition coefficient (Wildman–Crippen LogP) is 3.26. The molecule has 0 saturated carbocycles. The minimum absolute atomic E-state index is 0.180. The molecule has 2 aromatic carbocycles. The number of ether oxygens (including phenoxy) is 1. The molecule has 0 unspecified atom stereocenters. The highest BCUT2D eigenvalue weighted by Gasteiger charge is 2.22. The van der Waals surface area contributed by atoms with Crippen molar-refractivity contribution >= 4 is 17.7 Å². The zero-order valence-corrected chi connectivity index (χ0v) is 16.3. The largest absolute Gasteiger partial charge is 0.465 e. The Kier molecular flexibility index (Phi) is 7.03. The molecule has 6 heteroatoms. The number of carbonyl (C=O) groups excluding carboxylic acids is 2. The third-order valence-corrected chi connectivity index (χ3v) is 5.02. The number of benzene rings is 2. The maximum Gasteiger partial charge on any atom is 0.339 e. The highest BCUT2D eigenvalue weighted by Crippen LogP contribution is 2.17. The van der Waals surface area contributed by atoms with Crippen LogP contribution in [0.2, 0.25) is 0 Å². The molecule has 2 amide bonds. The lowest BCUT2D eigenvalue weighted by Crippen LogP contribution is -2.50. The lowest BCUT2D eigenvalue weighted by Gasteiger charge is -2.34. The molecule has 148 valence electrons. The normalized spacial score (nSPS) is 14.5. The number of piperazine rings is 1. The number of hydrogen-bond donors (Lipinski definition) is 1. The number of urea groups is 1. The molecule has 1 heterocycles. The SMILES string of the molecule is COC(=O)c1ccccc1NC(=O)N1CCN(CCCc2ccccc2)CC1. The molecule has 0 atom stereocenters. The lowest BCUT2D eigenvalue weighted by molar-refractivity contribution is 0.0602. The van der Waals surface area contributed by atoms with Crippen LogP contribution in [0.5, 0.6) is 0 Å². The van der Waals surface area contributed by atoms with Crippen molar-refractivity contribution in [2.45, 2.75) is 12.8 Å². The molecule has 6 nitrogen and oxygen atoms in total. The Bertz CT molecular complexity index is 787. The average Bonchev–Trinajstić information content (AvgIpc) is 2.75. The van der Waals surface area contributed by atoms with Crippen molar-refractivity contribution in [3.05, 3.63) is 65.7 Å². The van der Waals surface area contributed by atoms with E-state index in [4.69, 9.17) is 4.74 Å². The van der Waals surface area contributed by atoms with Gasteiger partial charge in [0.2, 0.25) is 0 Å². The first-order chi connectivity index (χ1) is 13.7. The number of amides is 2. The Hall–Kier alpha value is -2.86. The molecule has 0 bridgehead atoms. The molecule has 2 aromatic rings. The summed E-state index contributed by atoms with van der Waals surface area (Å²) in [5.74, 6) is -0.459. The molecule has 1 aliphatic heterocycles. The van der Waals surface area contributed by atoms with Crippen molar-refractivity contribution in [2.24, 2.45) is 0 Å². The molecular formula is C22H27N3O3. The van der Waals surface area contributed by atoms with Gasteiger partial charge in [0.1, 0.15) is 0 Å². The van der Waals surface area contributed by atoms with Crippen LogP contribution in [0.25, 0.3) is 0 Å². The van der Waals surface area contributed by atoms with Crippen LogP contribution in [-0.4, -0.2) is 61.6 Å². The summed E-state index contributed by atoms with van der Waals surface area (Å²) in [5.41, 5.74) is 2.20. The Morgan fingerprint density at radius 1 is 0.964 bits per heavy atom. The lowest BCUT2D eigenvalue weighted by atomic mass is 10.1. The topological polar surface area (TPSA) is 61.9 Å². The fraction of sp³-hybridized carbons (Fsp3) is 0.364. The Morgan fingerprint density at radius 2 is 1.64 bits per heavy atom. The van der Waals surface area contributed by atoms with E-state index in [1.807, 2.05) is 6.07 Å². The van der Waals surface area contributed by atoms with Crippen molar-refractivity contribution < 1.29 is 14.3 Å². The minimum Gasteiger partial charge on any atom is -0.465 e. The predicted molar refractivity (Wildman–Crippen MR) is 110 cm³/mol. The van der Waals surface area contributed by atoms with Crippen LogP contribution in [-0.2, 0) is 11.2 Å². The number of aryl methyl sites for hydroxylation is 1. The number of methoxy groups -OCH3 is 1. The number of para-hydroxylation sites is 1. The van der Waals surface area contributed by atoms with Crippen molar-refractivity contribution in [3.8, 4) is 0 Å². The summed E-state index contributed by atoms with van der Waals surface area (Å²) in [6.45, 7) is 4.12. The van der Waals surface area contributed by atoms with Gasteiger partial charge in [-0.25, -0.2) is 9.59 Å². The van der Waals surface area contributed by atoms with Crippen LogP contribution in [0, 0.1) is 0 Å². The van der Waals surface area contributed by atoms with Crippen LogP contribution in [0.4, 0.5) is 10.5 Å². The molecule has 0 aromatic heterocycles. The molecular weight excluding hydrogens is 354 g/mol. The van der Waals surface area contributed by atoms with E-state index in [0.717, 1.165) is 32.5 Å². The maximum absolute atomic E-state index is 12.6. The van der Waals surface area contributed by atoms with Crippen molar-refractivity contribution in [1.82, 2.24) is 9.80 Å². The maximum atomic E-state index is 12.6. The van der Waals surface area contributed by atoms with Gasteiger partial charge in [-0.2, -0.15) is 0 Å². The second-order valence-corrected chi connectivity index (χ2v) is 6.89. The first-order valence-electron chi connectivity index (χ1n) is 9.67. The summed E-state index contributed by atoms with van der Waals surface area (Å²) in [6, 6.07) is 17.2. The van der Waals surface area contributed by atoms with Gasteiger partial charge in [-0.05, 0) is 37.1 Å². The highest BCUT2D eigenvalue weighted by molar-refractivity contribution is 6.00. The first kappa shape index (κ1) is 19.9. The van der Waals surface area contributed by atoms with Crippen molar-refractivity contribution in [2.75, 3.05) is 45.2 Å². The number of nitrogens with zero attached hydrogens (tertiary/aromatic N) is 2. The van der Waals surface area contributed by atoms with Gasteiger partial charge in [-0.15, -0.1) is 0 Å². The molecule has 1 aliphatic rings. The number of nitrogens with one attached hydrogen (secondary N) is 1. The van der Waals surface area contributed by atoms with Crippen LogP contribution < -0.4 is 5.32 Å². The van der Waals surface area contributed by atoms with Gasteiger partial charge in [-0.1, -0.05) is 42.5 Å². The average molecular weight is 381 g/mol. The number of carbonyl (C=O) groups is 2. The smallest absolute Gasteiger partial charge is 0.339 e. The molecule has 1 saturated heterocycles. The quantitative estimate of drug-likeness (QED) is 0.781. The second kappa shape index (κ2) is 9.90. The molecule has 28 heavy (non-hydrogen) atoms. The van der Waals surface area contributed by atoms with Gasteiger partial charge in [0.05, 0.1) is 18.4 Å². The monoisotopic (exact) mass is 381 g/mol. The van der Waals surface area contributed by atoms with Crippen LogP contribution in [0.15, 0.2) is 54.6 Å². The number of esters is 1. The molecule has 0 spiro atoms. The second-order valence-electron chi connectivity index (χ2n) is 6.89. The summed E-state index contributed by atoms with van der Waals surface area (Å²) in [5, 5.41) is 2.84. The van der Waals surface area contributed by atoms with Crippen LogP contribution in [0.3, 0.4) is 0 Å². The Labute approximate surface area is 166 Å². The number of anilines is 1. The van der Waals surface area contributed by atoms with E-state index in [9.17, 15) is 9.59 Å². The number of hydrogen-bond acceptors (Lipinski definition) is 4. The first-order valence-corrected chi connectivity index (χ1v) is 9.67. The minimum atomic E-state index is -0.459. The molecule has 3 rings (SSSR count). The van der Waals surface area contributed by atoms with Gasteiger partial charge in [0, 0.05) is 26.2 Å². The van der Waals surface area contributed by atoms with Gasteiger partial charge in [-0.3, -0.25) is 4.90 Å². The molecule has 1 N–H and O–H groups in total. The molecule has 1 fully saturated rings. The fourth-order valence-corrected chi connectivity index (χ4v) is 3.40. The zero-order valence-electron chi connectivity index (χ0n) is 16.3. The van der Waals surface area contributed by atoms with Crippen molar-refractivity contribution in [3.63, 3.8) is 0 Å². The third kappa shape index (κ3) is 5.33. The van der Waals surface area contributed by atoms with Gasteiger partial charge < -0.3 is 15.0 Å². The summed E-state index contributed by atoms with van der Waals surface area (Å²) < 4.78 is 4.78. The molecule has 0 aliphatic carbocycles. The number of rotatable bonds is 6. The Balaban J connectivity index is 1.45. The van der Waals surface area contributed by atoms with Gasteiger partial charge in [0.15, 0.2) is 0 Å². The Morgan fingerprint density at radius 3 is 2.36 bits per heavy atom. The van der Waals surface area contributed by atoms with Crippen LogP contribution in [0.1, 0.15) is 22.3 Å². The highest BCUT2D eigenvalue weighted by atomic mass is 16.5. The third-order valence-electron chi connectivity index (χ3n) is 5.02. The van der Waals surface area contributed by atoms with E-state index in [1.54, 1.807) is 29.2 Å². The van der Waals surface area contributed by atoms with Gasteiger partial charge in [0.25, 0.3) is 0 Å². The van der Waals surface area contributed by atoms with Gasteiger partial charge >= 0.3 is 12.0 Å². The fourth-order valence-electron chi connectivity index (χ4n) is 3.40. The van der Waals surface area contributed by atoms with Crippen molar-refractivity contribution in [1.29, 1.82) is 0 Å². The molecule has 0 radical (unpaired) electrons. The zero-order chi connectivity index (χ0) is 19.8. The summed E-state index contributed by atoms with van der Waals surface area (Å²) in [4.78, 5) is 28.6. The van der Waals surface area contributed by atoms with E-state index < -0.39 is 5.97 Å². The van der Waals surface area contributed by atoms with E-state index in [-0.39, 0.29) is 6.03 Å². The summed E-state index contributed by atoms with van der Waals surface area (Å²) in [7, 11) is 1.33. The van der Waals surface area contributed by atoms with E-state index >= 15 is 0 Å². The van der Waals surface area contributed by atoms with E-state index in [0.29, 0.717) is 24.3 Å². The summed E-state index contributed by atoms with van der Waals surface area (Å²) in [6.07, 6.45) is 2.19. The van der Waals surface area contributed by atoms with E-state index in [2.05, 4.69) is 34.5 Å². The van der Waals surface area contributed by atoms with E-state index in [1.165, 1.54) is 12.7 Å². The standard InChI is InChI=1S/C22H27N3O3/c1-28-21(26)19-11-5-6-12-20(19)23-22(27)25-16-14-24(15-17-25)13-7-10-18-8-3-2-4-9-18/h2-6,8-9,11-12H,7,10,13-17H2,1H3,(H,23,27). The van der Waals surface area contributed by atoms with Crippen LogP contribution >= 0.6 is 0 Å². The summed E-state index contributed by atoms with van der Waals surface area (Å²) >= 11 is 0.